The molecule has 1 aliphatic rings. The lowest BCUT2D eigenvalue weighted by atomic mass is 9.95. The quantitative estimate of drug-likeness (QED) is 0.673. The number of aromatic carboxylic acids is 1. The molecule has 7 heteroatoms. The smallest absolute Gasteiger partial charge is 0.337 e. The summed E-state index contributed by atoms with van der Waals surface area (Å²) in [5, 5.41) is 20.1. The second kappa shape index (κ2) is 5.44. The van der Waals surface area contributed by atoms with Crippen molar-refractivity contribution in [3.63, 3.8) is 0 Å². The van der Waals surface area contributed by atoms with Crippen LogP contribution in [0.4, 0.5) is 11.5 Å². The van der Waals surface area contributed by atoms with Gasteiger partial charge in [0.15, 0.2) is 0 Å². The van der Waals surface area contributed by atoms with Crippen LogP contribution in [-0.4, -0.2) is 33.6 Å². The molecule has 2 rings (SSSR count). The third kappa shape index (κ3) is 2.71. The molecule has 1 aliphatic heterocycles. The fourth-order valence-electron chi connectivity index (χ4n) is 2.50. The minimum absolute atomic E-state index is 0.160. The van der Waals surface area contributed by atoms with E-state index < -0.39 is 10.9 Å². The summed E-state index contributed by atoms with van der Waals surface area (Å²) in [7, 11) is 0. The van der Waals surface area contributed by atoms with Gasteiger partial charge in [-0.05, 0) is 25.7 Å². The van der Waals surface area contributed by atoms with Crippen molar-refractivity contribution >= 4 is 17.5 Å². The first kappa shape index (κ1) is 14.2. The molecule has 7 nitrogen and oxygen atoms in total. The van der Waals surface area contributed by atoms with Gasteiger partial charge in [-0.2, -0.15) is 0 Å². The van der Waals surface area contributed by atoms with Crippen LogP contribution in [0.25, 0.3) is 0 Å². The van der Waals surface area contributed by atoms with Crippen LogP contribution in [0.5, 0.6) is 0 Å². The summed E-state index contributed by atoms with van der Waals surface area (Å²) in [6, 6.07) is 1.24. The second-order valence-electron chi connectivity index (χ2n) is 5.31. The third-order valence-electron chi connectivity index (χ3n) is 3.68. The van der Waals surface area contributed by atoms with E-state index in [0.29, 0.717) is 12.5 Å². The summed E-state index contributed by atoms with van der Waals surface area (Å²) in [4.78, 5) is 27.4. The number of pyridine rings is 1. The van der Waals surface area contributed by atoms with Crippen LogP contribution in [-0.2, 0) is 0 Å². The first-order valence-corrected chi connectivity index (χ1v) is 6.54. The maximum absolute atomic E-state index is 11.2. The molecule has 1 aromatic rings. The molecule has 1 aromatic heterocycles. The molecule has 0 radical (unpaired) electrons. The van der Waals surface area contributed by atoms with Gasteiger partial charge in [0.25, 0.3) is 0 Å². The zero-order valence-corrected chi connectivity index (χ0v) is 11.4. The number of carboxylic acid groups (broad SMARTS) is 1. The molecule has 0 spiro atoms. The average Bonchev–Trinajstić information content (AvgIpc) is 2.40. The Kier molecular flexibility index (Phi) is 3.87. The van der Waals surface area contributed by atoms with Crippen LogP contribution in [0.15, 0.2) is 12.3 Å². The highest BCUT2D eigenvalue weighted by molar-refractivity contribution is 5.88. The molecule has 2 unspecified atom stereocenters. The lowest BCUT2D eigenvalue weighted by molar-refractivity contribution is -0.384. The van der Waals surface area contributed by atoms with E-state index in [1.807, 2.05) is 11.8 Å². The molecule has 1 N–H and O–H groups in total. The van der Waals surface area contributed by atoms with Crippen molar-refractivity contribution in [3.8, 4) is 0 Å². The van der Waals surface area contributed by atoms with Gasteiger partial charge in [-0.3, -0.25) is 10.1 Å². The Labute approximate surface area is 116 Å². The Bertz CT molecular complexity index is 546. The molecule has 0 bridgehead atoms. The number of carboxylic acids is 1. The fraction of sp³-hybridized carbons (Fsp3) is 0.538. The van der Waals surface area contributed by atoms with E-state index in [-0.39, 0.29) is 23.1 Å². The number of anilines is 1. The van der Waals surface area contributed by atoms with Crippen LogP contribution in [0.3, 0.4) is 0 Å². The minimum atomic E-state index is -1.22. The van der Waals surface area contributed by atoms with Crippen LogP contribution < -0.4 is 4.90 Å². The number of carbonyl (C=O) groups is 1. The largest absolute Gasteiger partial charge is 0.478 e. The molecule has 20 heavy (non-hydrogen) atoms. The SMILES string of the molecule is CC1CCC(C)N(c2ncc(C(=O)O)cc2[N+](=O)[O-])C1. The zero-order valence-electron chi connectivity index (χ0n) is 11.4. The summed E-state index contributed by atoms with van der Waals surface area (Å²) in [6.45, 7) is 4.79. The summed E-state index contributed by atoms with van der Waals surface area (Å²) >= 11 is 0. The number of nitrogens with zero attached hydrogens (tertiary/aromatic N) is 3. The molecule has 0 saturated carbocycles. The predicted octanol–water partition coefficient (Wildman–Crippen LogP) is 2.31. The minimum Gasteiger partial charge on any atom is -0.478 e. The van der Waals surface area contributed by atoms with E-state index in [0.717, 1.165) is 18.9 Å². The van der Waals surface area contributed by atoms with Gasteiger partial charge in [0.05, 0.1) is 10.5 Å². The fourth-order valence-corrected chi connectivity index (χ4v) is 2.50. The van der Waals surface area contributed by atoms with E-state index in [1.165, 1.54) is 6.20 Å². The lowest BCUT2D eigenvalue weighted by Crippen LogP contribution is -2.41. The summed E-state index contributed by atoms with van der Waals surface area (Å²) in [6.07, 6.45) is 3.20. The van der Waals surface area contributed by atoms with Gasteiger partial charge in [0, 0.05) is 24.8 Å². The van der Waals surface area contributed by atoms with E-state index in [2.05, 4.69) is 11.9 Å². The molecule has 0 aliphatic carbocycles. The molecule has 108 valence electrons. The molecular weight excluding hydrogens is 262 g/mol. The maximum Gasteiger partial charge on any atom is 0.337 e. The third-order valence-corrected chi connectivity index (χ3v) is 3.68. The van der Waals surface area contributed by atoms with Crippen molar-refractivity contribution in [2.75, 3.05) is 11.4 Å². The normalized spacial score (nSPS) is 22.6. The molecule has 2 heterocycles. The highest BCUT2D eigenvalue weighted by Crippen LogP contribution is 2.32. The Hall–Kier alpha value is -2.18. The number of rotatable bonds is 3. The van der Waals surface area contributed by atoms with E-state index in [9.17, 15) is 14.9 Å². The van der Waals surface area contributed by atoms with Crippen LogP contribution in [0.1, 0.15) is 37.0 Å². The highest BCUT2D eigenvalue weighted by Gasteiger charge is 2.30. The highest BCUT2D eigenvalue weighted by atomic mass is 16.6. The van der Waals surface area contributed by atoms with Gasteiger partial charge in [0.1, 0.15) is 0 Å². The van der Waals surface area contributed by atoms with Crippen LogP contribution in [0, 0.1) is 16.0 Å². The molecular formula is C13H17N3O4. The van der Waals surface area contributed by atoms with E-state index >= 15 is 0 Å². The van der Waals surface area contributed by atoms with Crippen molar-refractivity contribution in [3.05, 3.63) is 27.9 Å². The van der Waals surface area contributed by atoms with Gasteiger partial charge in [-0.15, -0.1) is 0 Å². The average molecular weight is 279 g/mol. The summed E-state index contributed by atoms with van der Waals surface area (Å²) in [5.74, 6) is -0.516. The lowest BCUT2D eigenvalue weighted by Gasteiger charge is -2.37. The molecule has 1 saturated heterocycles. The van der Waals surface area contributed by atoms with Crippen molar-refractivity contribution in [2.24, 2.45) is 5.92 Å². The molecule has 1 fully saturated rings. The number of hydrogen-bond acceptors (Lipinski definition) is 5. The van der Waals surface area contributed by atoms with Crippen LogP contribution >= 0.6 is 0 Å². The first-order valence-electron chi connectivity index (χ1n) is 6.54. The Morgan fingerprint density at radius 2 is 2.20 bits per heavy atom. The summed E-state index contributed by atoms with van der Waals surface area (Å²) in [5.41, 5.74) is -0.413. The Morgan fingerprint density at radius 1 is 1.50 bits per heavy atom. The van der Waals surface area contributed by atoms with Gasteiger partial charge < -0.3 is 10.0 Å². The standard InChI is InChI=1S/C13H17N3O4/c1-8-3-4-9(2)15(7-8)12-11(16(19)20)5-10(6-14-12)13(17)18/h5-6,8-9H,3-4,7H2,1-2H3,(H,17,18). The maximum atomic E-state index is 11.2. The topological polar surface area (TPSA) is 96.6 Å². The number of aromatic nitrogens is 1. The van der Waals surface area contributed by atoms with E-state index in [4.69, 9.17) is 5.11 Å². The van der Waals surface area contributed by atoms with E-state index in [1.54, 1.807) is 0 Å². The van der Waals surface area contributed by atoms with Gasteiger partial charge in [0.2, 0.25) is 5.82 Å². The monoisotopic (exact) mass is 279 g/mol. The molecule has 0 amide bonds. The number of piperidine rings is 1. The molecule has 2 atom stereocenters. The van der Waals surface area contributed by atoms with Crippen molar-refractivity contribution < 1.29 is 14.8 Å². The summed E-state index contributed by atoms with van der Waals surface area (Å²) < 4.78 is 0. The Balaban J connectivity index is 2.44. The van der Waals surface area contributed by atoms with Crippen LogP contribution in [0.2, 0.25) is 0 Å². The van der Waals surface area contributed by atoms with Crippen molar-refractivity contribution in [2.45, 2.75) is 32.7 Å². The van der Waals surface area contributed by atoms with Gasteiger partial charge in [-0.1, -0.05) is 6.92 Å². The second-order valence-corrected chi connectivity index (χ2v) is 5.31. The number of nitro groups is 1. The van der Waals surface area contributed by atoms with Gasteiger partial charge in [-0.25, -0.2) is 9.78 Å². The van der Waals surface area contributed by atoms with Crippen molar-refractivity contribution in [1.29, 1.82) is 0 Å². The first-order chi connectivity index (χ1) is 9.40. The van der Waals surface area contributed by atoms with Crippen molar-refractivity contribution in [1.82, 2.24) is 4.98 Å². The Morgan fingerprint density at radius 3 is 2.80 bits per heavy atom. The van der Waals surface area contributed by atoms with Gasteiger partial charge >= 0.3 is 11.7 Å². The zero-order chi connectivity index (χ0) is 14.9. The molecule has 0 aromatic carbocycles. The predicted molar refractivity (Wildman–Crippen MR) is 73.1 cm³/mol. The number of hydrogen-bond donors (Lipinski definition) is 1.